The molecule has 0 radical (unpaired) electrons. The van der Waals surface area contributed by atoms with Crippen molar-refractivity contribution in [2.75, 3.05) is 6.61 Å². The van der Waals surface area contributed by atoms with Crippen LogP contribution in [0.5, 0.6) is 5.75 Å². The smallest absolute Gasteiger partial charge is 0.226 e. The minimum absolute atomic E-state index is 0.285. The van der Waals surface area contributed by atoms with Gasteiger partial charge in [-0.05, 0) is 6.42 Å². The fourth-order valence-electron chi connectivity index (χ4n) is 2.74. The molecular formula is C20H34O4. The zero-order valence-electron chi connectivity index (χ0n) is 15.2. The summed E-state index contributed by atoms with van der Waals surface area (Å²) in [5.74, 6) is 0.0939. The Morgan fingerprint density at radius 1 is 0.917 bits per heavy atom. The highest BCUT2D eigenvalue weighted by atomic mass is 16.5. The Balaban J connectivity index is 1.84. The number of hydrogen-bond donors (Lipinski definition) is 1. The summed E-state index contributed by atoms with van der Waals surface area (Å²) >= 11 is 0. The highest BCUT2D eigenvalue weighted by molar-refractivity contribution is 5.14. The lowest BCUT2D eigenvalue weighted by Gasteiger charge is -2.04. The third-order valence-electron chi connectivity index (χ3n) is 4.25. The average Bonchev–Trinajstić information content (AvgIpc) is 2.58. The van der Waals surface area contributed by atoms with E-state index in [1.807, 2.05) is 0 Å². The standard InChI is InChI=1S/C20H34O4/c1-2-3-4-5-6-7-8-9-10-11-12-13-14-23-16-18-15-19(21)20(22)17-24-18/h15,17,22H,2-14,16H2,1H3. The molecule has 0 bridgehead atoms. The van der Waals surface area contributed by atoms with Crippen LogP contribution in [0.25, 0.3) is 0 Å². The Bertz CT molecular complexity index is 467. The van der Waals surface area contributed by atoms with Crippen LogP contribution in [0.3, 0.4) is 0 Å². The summed E-state index contributed by atoms with van der Waals surface area (Å²) in [5.41, 5.74) is -0.426. The molecule has 0 spiro atoms. The van der Waals surface area contributed by atoms with Gasteiger partial charge in [-0.2, -0.15) is 0 Å². The first kappa shape index (κ1) is 20.8. The second kappa shape index (κ2) is 14.1. The summed E-state index contributed by atoms with van der Waals surface area (Å²) in [5, 5.41) is 9.09. The molecule has 0 fully saturated rings. The van der Waals surface area contributed by atoms with E-state index < -0.39 is 5.43 Å². The van der Waals surface area contributed by atoms with Gasteiger partial charge < -0.3 is 14.3 Å². The first-order valence-corrected chi connectivity index (χ1v) is 9.62. The number of unbranched alkanes of at least 4 members (excludes halogenated alkanes) is 11. The maximum atomic E-state index is 11.2. The minimum atomic E-state index is -0.426. The first-order chi connectivity index (χ1) is 11.7. The van der Waals surface area contributed by atoms with Crippen molar-refractivity contribution < 1.29 is 14.3 Å². The van der Waals surface area contributed by atoms with Gasteiger partial charge in [0.2, 0.25) is 5.43 Å². The quantitative estimate of drug-likeness (QED) is 0.425. The van der Waals surface area contributed by atoms with Crippen molar-refractivity contribution >= 4 is 0 Å². The molecule has 1 N–H and O–H groups in total. The molecule has 0 atom stereocenters. The molecule has 138 valence electrons. The lowest BCUT2D eigenvalue weighted by Crippen LogP contribution is -2.02. The van der Waals surface area contributed by atoms with Crippen LogP contribution in [-0.2, 0) is 11.3 Å². The molecule has 0 aliphatic heterocycles. The molecular weight excluding hydrogens is 304 g/mol. The molecule has 1 rings (SSSR count). The van der Waals surface area contributed by atoms with E-state index in [9.17, 15) is 4.79 Å². The Kier molecular flexibility index (Phi) is 12.2. The normalized spacial score (nSPS) is 11.0. The van der Waals surface area contributed by atoms with Crippen molar-refractivity contribution in [3.8, 4) is 5.75 Å². The maximum Gasteiger partial charge on any atom is 0.226 e. The van der Waals surface area contributed by atoms with Crippen molar-refractivity contribution in [1.82, 2.24) is 0 Å². The predicted molar refractivity (Wildman–Crippen MR) is 97.4 cm³/mol. The SMILES string of the molecule is CCCCCCCCCCCCCCOCc1cc(=O)c(O)co1. The van der Waals surface area contributed by atoms with Crippen molar-refractivity contribution in [3.63, 3.8) is 0 Å². The Labute approximate surface area is 146 Å². The molecule has 0 amide bonds. The van der Waals surface area contributed by atoms with Gasteiger partial charge in [0.25, 0.3) is 0 Å². The van der Waals surface area contributed by atoms with Crippen LogP contribution in [-0.4, -0.2) is 11.7 Å². The third kappa shape index (κ3) is 10.5. The third-order valence-corrected chi connectivity index (χ3v) is 4.25. The largest absolute Gasteiger partial charge is 0.502 e. The molecule has 0 saturated carbocycles. The van der Waals surface area contributed by atoms with Crippen LogP contribution >= 0.6 is 0 Å². The summed E-state index contributed by atoms with van der Waals surface area (Å²) in [7, 11) is 0. The molecule has 1 aromatic rings. The predicted octanol–water partition coefficient (Wildman–Crippen LogP) is 5.56. The van der Waals surface area contributed by atoms with Crippen LogP contribution in [0, 0.1) is 0 Å². The van der Waals surface area contributed by atoms with Crippen LogP contribution in [0.1, 0.15) is 89.7 Å². The van der Waals surface area contributed by atoms with Crippen molar-refractivity contribution in [2.24, 2.45) is 0 Å². The van der Waals surface area contributed by atoms with E-state index in [-0.39, 0.29) is 12.4 Å². The summed E-state index contributed by atoms with van der Waals surface area (Å²) < 4.78 is 10.6. The molecule has 0 unspecified atom stereocenters. The van der Waals surface area contributed by atoms with Gasteiger partial charge in [-0.25, -0.2) is 0 Å². The summed E-state index contributed by atoms with van der Waals surface area (Å²) in [6.07, 6.45) is 16.9. The summed E-state index contributed by atoms with van der Waals surface area (Å²) in [4.78, 5) is 11.2. The van der Waals surface area contributed by atoms with Crippen LogP contribution in [0.15, 0.2) is 21.5 Å². The number of aromatic hydroxyl groups is 1. The molecule has 0 aliphatic rings. The van der Waals surface area contributed by atoms with E-state index in [2.05, 4.69) is 6.92 Å². The second-order valence-corrected chi connectivity index (χ2v) is 6.54. The van der Waals surface area contributed by atoms with Crippen molar-refractivity contribution in [3.05, 3.63) is 28.3 Å². The summed E-state index contributed by atoms with van der Waals surface area (Å²) in [6.45, 7) is 3.23. The van der Waals surface area contributed by atoms with Crippen molar-refractivity contribution in [1.29, 1.82) is 0 Å². The fraction of sp³-hybridized carbons (Fsp3) is 0.750. The van der Waals surface area contributed by atoms with Gasteiger partial charge >= 0.3 is 0 Å². The Hall–Kier alpha value is -1.29. The first-order valence-electron chi connectivity index (χ1n) is 9.62. The van der Waals surface area contributed by atoms with Gasteiger partial charge in [0.1, 0.15) is 18.6 Å². The van der Waals surface area contributed by atoms with E-state index in [1.165, 1.54) is 76.7 Å². The van der Waals surface area contributed by atoms with E-state index in [4.69, 9.17) is 14.3 Å². The van der Waals surface area contributed by atoms with Gasteiger partial charge in [0.15, 0.2) is 5.75 Å². The van der Waals surface area contributed by atoms with Crippen molar-refractivity contribution in [2.45, 2.75) is 90.6 Å². The van der Waals surface area contributed by atoms with Crippen LogP contribution < -0.4 is 5.43 Å². The fourth-order valence-corrected chi connectivity index (χ4v) is 2.74. The summed E-state index contributed by atoms with van der Waals surface area (Å²) in [6, 6.07) is 1.28. The molecule has 1 heterocycles. The maximum absolute atomic E-state index is 11.2. The topological polar surface area (TPSA) is 59.7 Å². The Morgan fingerprint density at radius 3 is 2.00 bits per heavy atom. The number of hydrogen-bond acceptors (Lipinski definition) is 4. The van der Waals surface area contributed by atoms with E-state index in [0.29, 0.717) is 12.4 Å². The Morgan fingerprint density at radius 2 is 1.46 bits per heavy atom. The zero-order valence-corrected chi connectivity index (χ0v) is 15.2. The van der Waals surface area contributed by atoms with Gasteiger partial charge in [-0.3, -0.25) is 4.79 Å². The number of ether oxygens (including phenoxy) is 1. The number of rotatable bonds is 15. The molecule has 4 heteroatoms. The van der Waals surface area contributed by atoms with E-state index in [1.54, 1.807) is 0 Å². The van der Waals surface area contributed by atoms with E-state index in [0.717, 1.165) is 12.7 Å². The van der Waals surface area contributed by atoms with Gasteiger partial charge in [-0.15, -0.1) is 0 Å². The second-order valence-electron chi connectivity index (χ2n) is 6.54. The molecule has 0 saturated heterocycles. The molecule has 4 nitrogen and oxygen atoms in total. The van der Waals surface area contributed by atoms with Crippen LogP contribution in [0.2, 0.25) is 0 Å². The van der Waals surface area contributed by atoms with Gasteiger partial charge in [0, 0.05) is 12.7 Å². The average molecular weight is 338 g/mol. The molecule has 1 aromatic heterocycles. The van der Waals surface area contributed by atoms with E-state index >= 15 is 0 Å². The molecule has 24 heavy (non-hydrogen) atoms. The van der Waals surface area contributed by atoms with Gasteiger partial charge in [-0.1, -0.05) is 77.6 Å². The highest BCUT2D eigenvalue weighted by Crippen LogP contribution is 2.12. The molecule has 0 aromatic carbocycles. The zero-order chi connectivity index (χ0) is 17.5. The lowest BCUT2D eigenvalue weighted by atomic mass is 10.1. The van der Waals surface area contributed by atoms with Gasteiger partial charge in [0.05, 0.1) is 0 Å². The molecule has 0 aliphatic carbocycles. The van der Waals surface area contributed by atoms with Crippen LogP contribution in [0.4, 0.5) is 0 Å². The monoisotopic (exact) mass is 338 g/mol. The highest BCUT2D eigenvalue weighted by Gasteiger charge is 2.01. The minimum Gasteiger partial charge on any atom is -0.502 e. The lowest BCUT2D eigenvalue weighted by molar-refractivity contribution is 0.101.